The van der Waals surface area contributed by atoms with Crippen molar-refractivity contribution in [3.05, 3.63) is 34.1 Å². The fraction of sp³-hybridized carbons (Fsp3) is 0.500. The van der Waals surface area contributed by atoms with E-state index in [0.717, 1.165) is 37.5 Å². The predicted octanol–water partition coefficient (Wildman–Crippen LogP) is 2.59. The number of para-hydroxylation sites is 1. The van der Waals surface area contributed by atoms with Crippen LogP contribution >= 0.6 is 0 Å². The lowest BCUT2D eigenvalue weighted by Crippen LogP contribution is -2.25. The van der Waals surface area contributed by atoms with Gasteiger partial charge in [-0.1, -0.05) is 32.3 Å². The Morgan fingerprint density at radius 3 is 2.60 bits per heavy atom. The van der Waals surface area contributed by atoms with E-state index in [4.69, 9.17) is 0 Å². The second-order valence-corrected chi connectivity index (χ2v) is 6.04. The van der Waals surface area contributed by atoms with E-state index >= 15 is 0 Å². The molecule has 0 amide bonds. The Morgan fingerprint density at radius 2 is 2.00 bits per heavy atom. The Bertz CT molecular complexity index is 575. The first-order valence-electron chi connectivity index (χ1n) is 6.32. The first-order valence-corrected chi connectivity index (χ1v) is 7.81. The van der Waals surface area contributed by atoms with Crippen molar-refractivity contribution in [1.82, 2.24) is 4.72 Å². The molecule has 20 heavy (non-hydrogen) atoms. The zero-order valence-electron chi connectivity index (χ0n) is 11.1. The van der Waals surface area contributed by atoms with Gasteiger partial charge in [0.2, 0.25) is 15.8 Å². The second kappa shape index (κ2) is 7.30. The number of nitro groups is 1. The van der Waals surface area contributed by atoms with Gasteiger partial charge < -0.3 is 0 Å². The van der Waals surface area contributed by atoms with Gasteiger partial charge in [0.05, 0.1) is 4.92 Å². The highest BCUT2D eigenvalue weighted by Gasteiger charge is 2.28. The summed E-state index contributed by atoms with van der Waals surface area (Å²) in [6, 6.07) is 3.02. The monoisotopic (exact) mass is 304 g/mol. The van der Waals surface area contributed by atoms with Crippen LogP contribution in [0.25, 0.3) is 0 Å². The number of nitrogens with zero attached hydrogens (tertiary/aromatic N) is 1. The van der Waals surface area contributed by atoms with Crippen LogP contribution in [0.3, 0.4) is 0 Å². The van der Waals surface area contributed by atoms with Crippen molar-refractivity contribution in [2.24, 2.45) is 0 Å². The fourth-order valence-corrected chi connectivity index (χ4v) is 2.98. The largest absolute Gasteiger partial charge is 0.324 e. The summed E-state index contributed by atoms with van der Waals surface area (Å²) in [6.45, 7) is 2.20. The van der Waals surface area contributed by atoms with Crippen LogP contribution < -0.4 is 4.72 Å². The zero-order chi connectivity index (χ0) is 15.2. The SMILES string of the molecule is CCCCCCNS(=O)(=O)c1cccc(F)c1[N+](=O)[O-]. The molecule has 0 aliphatic heterocycles. The van der Waals surface area contributed by atoms with Gasteiger partial charge in [0.1, 0.15) is 0 Å². The first-order chi connectivity index (χ1) is 9.40. The van der Waals surface area contributed by atoms with Gasteiger partial charge in [-0.15, -0.1) is 0 Å². The minimum Gasteiger partial charge on any atom is -0.258 e. The average molecular weight is 304 g/mol. The molecule has 0 bridgehead atoms. The summed E-state index contributed by atoms with van der Waals surface area (Å²) < 4.78 is 39.6. The van der Waals surface area contributed by atoms with Crippen LogP contribution in [0.5, 0.6) is 0 Å². The number of hydrogen-bond acceptors (Lipinski definition) is 4. The molecule has 0 saturated heterocycles. The van der Waals surface area contributed by atoms with Gasteiger partial charge in [0, 0.05) is 6.54 Å². The van der Waals surface area contributed by atoms with Crippen LogP contribution in [0.2, 0.25) is 0 Å². The van der Waals surface area contributed by atoms with Gasteiger partial charge in [-0.05, 0) is 18.6 Å². The van der Waals surface area contributed by atoms with E-state index in [1.165, 1.54) is 0 Å². The Kier molecular flexibility index (Phi) is 6.03. The first kappa shape index (κ1) is 16.5. The third kappa shape index (κ3) is 4.24. The van der Waals surface area contributed by atoms with E-state index in [1.807, 2.05) is 6.92 Å². The normalized spacial score (nSPS) is 11.5. The van der Waals surface area contributed by atoms with E-state index in [2.05, 4.69) is 4.72 Å². The molecule has 0 fully saturated rings. The number of halogens is 1. The zero-order valence-corrected chi connectivity index (χ0v) is 12.0. The summed E-state index contributed by atoms with van der Waals surface area (Å²) in [6.07, 6.45) is 3.50. The molecule has 112 valence electrons. The van der Waals surface area contributed by atoms with Gasteiger partial charge in [0.15, 0.2) is 4.90 Å². The van der Waals surface area contributed by atoms with E-state index in [-0.39, 0.29) is 6.54 Å². The lowest BCUT2D eigenvalue weighted by molar-refractivity contribution is -0.390. The van der Waals surface area contributed by atoms with Crippen molar-refractivity contribution in [1.29, 1.82) is 0 Å². The molecule has 1 rings (SSSR count). The number of rotatable bonds is 8. The molecule has 0 heterocycles. The predicted molar refractivity (Wildman–Crippen MR) is 72.4 cm³/mol. The number of hydrogen-bond donors (Lipinski definition) is 1. The van der Waals surface area contributed by atoms with Gasteiger partial charge in [-0.3, -0.25) is 10.1 Å². The molecule has 0 aliphatic carbocycles. The van der Waals surface area contributed by atoms with Crippen molar-refractivity contribution >= 4 is 15.7 Å². The summed E-state index contributed by atoms with van der Waals surface area (Å²) >= 11 is 0. The molecule has 0 atom stereocenters. The molecule has 0 spiro atoms. The smallest absolute Gasteiger partial charge is 0.258 e. The third-order valence-electron chi connectivity index (χ3n) is 2.74. The van der Waals surface area contributed by atoms with Crippen molar-refractivity contribution < 1.29 is 17.7 Å². The Balaban J connectivity index is 2.88. The summed E-state index contributed by atoms with van der Waals surface area (Å²) in [5.74, 6) is -1.16. The maximum atomic E-state index is 13.4. The Hall–Kier alpha value is -1.54. The number of benzene rings is 1. The molecule has 0 radical (unpaired) electrons. The molecule has 0 aliphatic rings. The van der Waals surface area contributed by atoms with E-state index in [0.29, 0.717) is 6.42 Å². The van der Waals surface area contributed by atoms with Gasteiger partial charge >= 0.3 is 5.69 Å². The highest BCUT2D eigenvalue weighted by molar-refractivity contribution is 7.89. The van der Waals surface area contributed by atoms with Crippen LogP contribution in [0.4, 0.5) is 10.1 Å². The molecular weight excluding hydrogens is 287 g/mol. The summed E-state index contributed by atoms with van der Waals surface area (Å²) in [4.78, 5) is 9.11. The molecule has 1 aromatic rings. The number of unbranched alkanes of at least 4 members (excludes halogenated alkanes) is 3. The van der Waals surface area contributed by atoms with Crippen LogP contribution in [-0.2, 0) is 10.0 Å². The Labute approximate surface area is 117 Å². The topological polar surface area (TPSA) is 89.3 Å². The van der Waals surface area contributed by atoms with E-state index in [9.17, 15) is 22.9 Å². The maximum Gasteiger partial charge on any atom is 0.324 e. The van der Waals surface area contributed by atoms with Crippen LogP contribution in [0, 0.1) is 15.9 Å². The maximum absolute atomic E-state index is 13.4. The van der Waals surface area contributed by atoms with Gasteiger partial charge in [0.25, 0.3) is 0 Å². The molecule has 6 nitrogen and oxygen atoms in total. The molecule has 0 aromatic heterocycles. The standard InChI is InChI=1S/C12H17FN2O4S/c1-2-3-4-5-9-14-20(18,19)11-8-6-7-10(13)12(11)15(16)17/h6-8,14H,2-5,9H2,1H3. The summed E-state index contributed by atoms with van der Waals surface area (Å²) in [5.41, 5.74) is -1.02. The average Bonchev–Trinajstić information content (AvgIpc) is 2.37. The van der Waals surface area contributed by atoms with Crippen molar-refractivity contribution in [3.8, 4) is 0 Å². The molecule has 1 aromatic carbocycles. The molecule has 0 saturated carbocycles. The highest BCUT2D eigenvalue weighted by Crippen LogP contribution is 2.26. The van der Waals surface area contributed by atoms with Crippen LogP contribution in [0.15, 0.2) is 23.1 Å². The molecule has 8 heteroatoms. The minimum atomic E-state index is -4.08. The number of nitrogens with one attached hydrogen (secondary N) is 1. The van der Waals surface area contributed by atoms with Crippen LogP contribution in [-0.4, -0.2) is 19.9 Å². The highest BCUT2D eigenvalue weighted by atomic mass is 32.2. The van der Waals surface area contributed by atoms with Crippen LogP contribution in [0.1, 0.15) is 32.6 Å². The van der Waals surface area contributed by atoms with Crippen molar-refractivity contribution in [3.63, 3.8) is 0 Å². The number of sulfonamides is 1. The lowest BCUT2D eigenvalue weighted by atomic mass is 10.2. The third-order valence-corrected chi connectivity index (χ3v) is 4.24. The van der Waals surface area contributed by atoms with E-state index < -0.39 is 31.3 Å². The summed E-state index contributed by atoms with van der Waals surface area (Å²) in [7, 11) is -4.08. The van der Waals surface area contributed by atoms with Gasteiger partial charge in [-0.2, -0.15) is 4.39 Å². The number of nitro benzene ring substituents is 1. The molecular formula is C12H17FN2O4S. The van der Waals surface area contributed by atoms with Crippen molar-refractivity contribution in [2.75, 3.05) is 6.54 Å². The molecule has 1 N–H and O–H groups in total. The molecule has 0 unspecified atom stereocenters. The Morgan fingerprint density at radius 1 is 1.30 bits per heavy atom. The lowest BCUT2D eigenvalue weighted by Gasteiger charge is -2.07. The van der Waals surface area contributed by atoms with E-state index in [1.54, 1.807) is 0 Å². The summed E-state index contributed by atoms with van der Waals surface area (Å²) in [5, 5.41) is 10.8. The second-order valence-electron chi connectivity index (χ2n) is 4.30. The van der Waals surface area contributed by atoms with Gasteiger partial charge in [-0.25, -0.2) is 13.1 Å². The van der Waals surface area contributed by atoms with Crippen molar-refractivity contribution in [2.45, 2.75) is 37.5 Å². The fourth-order valence-electron chi connectivity index (χ4n) is 1.73. The quantitative estimate of drug-likeness (QED) is 0.454. The minimum absolute atomic E-state index is 0.177.